The SMILES string of the molecule is CCc1ccccc1C(Cl)Cc1ccc(OC)cc1. The zero-order valence-corrected chi connectivity index (χ0v) is 12.2. The number of hydrogen-bond acceptors (Lipinski definition) is 1. The third-order valence-corrected chi connectivity index (χ3v) is 3.74. The van der Waals surface area contributed by atoms with Crippen molar-refractivity contribution in [1.82, 2.24) is 0 Å². The quantitative estimate of drug-likeness (QED) is 0.713. The van der Waals surface area contributed by atoms with E-state index in [2.05, 4.69) is 43.3 Å². The summed E-state index contributed by atoms with van der Waals surface area (Å²) in [6.45, 7) is 2.16. The van der Waals surface area contributed by atoms with Gasteiger partial charge in [-0.2, -0.15) is 0 Å². The molecule has 2 aromatic carbocycles. The molecule has 0 aliphatic heterocycles. The van der Waals surface area contributed by atoms with Crippen LogP contribution in [0.2, 0.25) is 0 Å². The van der Waals surface area contributed by atoms with E-state index in [0.717, 1.165) is 18.6 Å². The fourth-order valence-electron chi connectivity index (χ4n) is 2.24. The first kappa shape index (κ1) is 14.0. The lowest BCUT2D eigenvalue weighted by atomic mass is 9.98. The van der Waals surface area contributed by atoms with Gasteiger partial charge in [0.05, 0.1) is 12.5 Å². The summed E-state index contributed by atoms with van der Waals surface area (Å²) in [5, 5.41) is 0.0181. The number of ether oxygens (including phenoxy) is 1. The summed E-state index contributed by atoms with van der Waals surface area (Å²) in [7, 11) is 1.68. The van der Waals surface area contributed by atoms with E-state index in [1.54, 1.807) is 7.11 Å². The molecule has 1 unspecified atom stereocenters. The molecule has 0 saturated carbocycles. The molecule has 0 aliphatic rings. The van der Waals surface area contributed by atoms with Crippen molar-refractivity contribution >= 4 is 11.6 Å². The maximum Gasteiger partial charge on any atom is 0.118 e. The summed E-state index contributed by atoms with van der Waals surface area (Å²) < 4.78 is 5.16. The van der Waals surface area contributed by atoms with Gasteiger partial charge in [-0.05, 0) is 41.7 Å². The van der Waals surface area contributed by atoms with Crippen LogP contribution in [-0.2, 0) is 12.8 Å². The predicted molar refractivity (Wildman–Crippen MR) is 81.1 cm³/mol. The van der Waals surface area contributed by atoms with Crippen LogP contribution in [0.4, 0.5) is 0 Å². The molecule has 0 saturated heterocycles. The Kier molecular flexibility index (Phi) is 4.86. The van der Waals surface area contributed by atoms with E-state index >= 15 is 0 Å². The van der Waals surface area contributed by atoms with Crippen molar-refractivity contribution in [2.24, 2.45) is 0 Å². The largest absolute Gasteiger partial charge is 0.497 e. The standard InChI is InChI=1S/C17H19ClO/c1-3-14-6-4-5-7-16(14)17(18)12-13-8-10-15(19-2)11-9-13/h4-11,17H,3,12H2,1-2H3. The lowest BCUT2D eigenvalue weighted by Crippen LogP contribution is -2.00. The number of methoxy groups -OCH3 is 1. The van der Waals surface area contributed by atoms with E-state index in [1.165, 1.54) is 16.7 Å². The Morgan fingerprint density at radius 3 is 2.37 bits per heavy atom. The second-order valence-electron chi connectivity index (χ2n) is 4.57. The van der Waals surface area contributed by atoms with Crippen molar-refractivity contribution < 1.29 is 4.74 Å². The number of benzene rings is 2. The molecular formula is C17H19ClO. The molecule has 100 valence electrons. The number of alkyl halides is 1. The average Bonchev–Trinajstić information content (AvgIpc) is 2.48. The van der Waals surface area contributed by atoms with Crippen LogP contribution in [0.3, 0.4) is 0 Å². The van der Waals surface area contributed by atoms with Crippen molar-refractivity contribution in [2.75, 3.05) is 7.11 Å². The van der Waals surface area contributed by atoms with Crippen LogP contribution in [0.5, 0.6) is 5.75 Å². The van der Waals surface area contributed by atoms with Crippen molar-refractivity contribution in [2.45, 2.75) is 25.1 Å². The first-order valence-electron chi connectivity index (χ1n) is 6.59. The fraction of sp³-hybridized carbons (Fsp3) is 0.294. The molecule has 0 spiro atoms. The first-order chi connectivity index (χ1) is 9.24. The lowest BCUT2D eigenvalue weighted by Gasteiger charge is -2.14. The minimum atomic E-state index is 0.0181. The van der Waals surface area contributed by atoms with Gasteiger partial charge in [-0.1, -0.05) is 43.3 Å². The molecule has 0 amide bonds. The molecule has 0 heterocycles. The summed E-state index contributed by atoms with van der Waals surface area (Å²) in [6, 6.07) is 16.5. The molecule has 0 fully saturated rings. The van der Waals surface area contributed by atoms with E-state index in [4.69, 9.17) is 16.3 Å². The lowest BCUT2D eigenvalue weighted by molar-refractivity contribution is 0.414. The summed E-state index contributed by atoms with van der Waals surface area (Å²) in [6.07, 6.45) is 1.85. The Morgan fingerprint density at radius 2 is 1.74 bits per heavy atom. The second kappa shape index (κ2) is 6.63. The van der Waals surface area contributed by atoms with Crippen molar-refractivity contribution in [3.8, 4) is 5.75 Å². The molecule has 0 N–H and O–H groups in total. The third kappa shape index (κ3) is 3.51. The highest BCUT2D eigenvalue weighted by Gasteiger charge is 2.12. The Bertz CT molecular complexity index is 519. The minimum absolute atomic E-state index is 0.0181. The van der Waals surface area contributed by atoms with E-state index in [9.17, 15) is 0 Å². The molecule has 0 aromatic heterocycles. The molecule has 0 aliphatic carbocycles. The van der Waals surface area contributed by atoms with Crippen LogP contribution >= 0.6 is 11.6 Å². The Labute approximate surface area is 120 Å². The fourth-order valence-corrected chi connectivity index (χ4v) is 2.63. The van der Waals surface area contributed by atoms with Gasteiger partial charge < -0.3 is 4.74 Å². The van der Waals surface area contributed by atoms with Crippen LogP contribution < -0.4 is 4.74 Å². The maximum absolute atomic E-state index is 6.57. The third-order valence-electron chi connectivity index (χ3n) is 3.35. The van der Waals surface area contributed by atoms with Gasteiger partial charge in [0, 0.05) is 0 Å². The van der Waals surface area contributed by atoms with Gasteiger partial charge in [-0.3, -0.25) is 0 Å². The monoisotopic (exact) mass is 274 g/mol. The van der Waals surface area contributed by atoms with Gasteiger partial charge in [0.2, 0.25) is 0 Å². The van der Waals surface area contributed by atoms with E-state index < -0.39 is 0 Å². The van der Waals surface area contributed by atoms with Crippen molar-refractivity contribution in [1.29, 1.82) is 0 Å². The highest BCUT2D eigenvalue weighted by atomic mass is 35.5. The van der Waals surface area contributed by atoms with Gasteiger partial charge >= 0.3 is 0 Å². The Morgan fingerprint density at radius 1 is 1.05 bits per heavy atom. The van der Waals surface area contributed by atoms with Crippen molar-refractivity contribution in [3.05, 3.63) is 65.2 Å². The van der Waals surface area contributed by atoms with Crippen LogP contribution in [0.1, 0.15) is 29.0 Å². The molecule has 2 aromatic rings. The first-order valence-corrected chi connectivity index (χ1v) is 7.03. The van der Waals surface area contributed by atoms with Crippen LogP contribution in [0.15, 0.2) is 48.5 Å². The van der Waals surface area contributed by atoms with Gasteiger partial charge in [0.25, 0.3) is 0 Å². The number of halogens is 1. The minimum Gasteiger partial charge on any atom is -0.497 e. The average molecular weight is 275 g/mol. The molecule has 19 heavy (non-hydrogen) atoms. The number of hydrogen-bond donors (Lipinski definition) is 0. The smallest absolute Gasteiger partial charge is 0.118 e. The summed E-state index contributed by atoms with van der Waals surface area (Å²) in [5.41, 5.74) is 3.80. The van der Waals surface area contributed by atoms with Gasteiger partial charge in [-0.25, -0.2) is 0 Å². The Hall–Kier alpha value is -1.47. The molecule has 1 atom stereocenters. The Balaban J connectivity index is 2.13. The summed E-state index contributed by atoms with van der Waals surface area (Å²) in [4.78, 5) is 0. The molecule has 2 heteroatoms. The van der Waals surface area contributed by atoms with E-state index in [0.29, 0.717) is 0 Å². The topological polar surface area (TPSA) is 9.23 Å². The van der Waals surface area contributed by atoms with Gasteiger partial charge in [-0.15, -0.1) is 11.6 Å². The highest BCUT2D eigenvalue weighted by Crippen LogP contribution is 2.28. The molecule has 1 nitrogen and oxygen atoms in total. The number of aryl methyl sites for hydroxylation is 1. The summed E-state index contributed by atoms with van der Waals surface area (Å²) in [5.74, 6) is 0.879. The summed E-state index contributed by atoms with van der Waals surface area (Å²) >= 11 is 6.57. The van der Waals surface area contributed by atoms with Crippen LogP contribution in [0.25, 0.3) is 0 Å². The molecule has 0 bridgehead atoms. The van der Waals surface area contributed by atoms with Crippen molar-refractivity contribution in [3.63, 3.8) is 0 Å². The van der Waals surface area contributed by atoms with E-state index in [-0.39, 0.29) is 5.38 Å². The molecule has 0 radical (unpaired) electrons. The second-order valence-corrected chi connectivity index (χ2v) is 5.10. The maximum atomic E-state index is 6.57. The van der Waals surface area contributed by atoms with Gasteiger partial charge in [0.1, 0.15) is 5.75 Å². The zero-order chi connectivity index (χ0) is 13.7. The number of rotatable bonds is 5. The normalized spacial score (nSPS) is 12.2. The van der Waals surface area contributed by atoms with Crippen LogP contribution in [0, 0.1) is 0 Å². The molecule has 2 rings (SSSR count). The highest BCUT2D eigenvalue weighted by molar-refractivity contribution is 6.21. The predicted octanol–water partition coefficient (Wildman–Crippen LogP) is 4.78. The van der Waals surface area contributed by atoms with Gasteiger partial charge in [0.15, 0.2) is 0 Å². The van der Waals surface area contributed by atoms with Crippen LogP contribution in [-0.4, -0.2) is 7.11 Å². The van der Waals surface area contributed by atoms with E-state index in [1.807, 2.05) is 12.1 Å². The zero-order valence-electron chi connectivity index (χ0n) is 11.4. The molecular weight excluding hydrogens is 256 g/mol.